The highest BCUT2D eigenvalue weighted by Crippen LogP contribution is 2.10. The first-order valence-corrected chi connectivity index (χ1v) is 4.88. The van der Waals surface area contributed by atoms with Crippen molar-refractivity contribution < 1.29 is 9.18 Å². The highest BCUT2D eigenvalue weighted by atomic mass is 19.1. The van der Waals surface area contributed by atoms with E-state index >= 15 is 0 Å². The summed E-state index contributed by atoms with van der Waals surface area (Å²) < 4.78 is 13.0. The third-order valence-corrected chi connectivity index (χ3v) is 1.91. The summed E-state index contributed by atoms with van der Waals surface area (Å²) in [5.41, 5.74) is 0.694. The number of amides is 1. The second kappa shape index (κ2) is 4.01. The van der Waals surface area contributed by atoms with E-state index in [-0.39, 0.29) is 17.3 Å². The van der Waals surface area contributed by atoms with Crippen LogP contribution >= 0.6 is 0 Å². The first kappa shape index (κ1) is 11.7. The van der Waals surface area contributed by atoms with Crippen LogP contribution in [0.15, 0.2) is 18.2 Å². The zero-order valence-corrected chi connectivity index (χ0v) is 9.52. The van der Waals surface area contributed by atoms with Gasteiger partial charge < -0.3 is 5.32 Å². The summed E-state index contributed by atoms with van der Waals surface area (Å²) >= 11 is 0. The lowest BCUT2D eigenvalue weighted by atomic mass is 10.1. The Bertz CT molecular complexity index is 380. The smallest absolute Gasteiger partial charge is 0.251 e. The SMILES string of the molecule is Cc1cc(C(=O)NC(C)(C)C)ccc1F. The molecule has 0 aliphatic rings. The van der Waals surface area contributed by atoms with Gasteiger partial charge in [0.05, 0.1) is 0 Å². The van der Waals surface area contributed by atoms with E-state index in [2.05, 4.69) is 5.32 Å². The van der Waals surface area contributed by atoms with Crippen molar-refractivity contribution in [2.24, 2.45) is 0 Å². The summed E-state index contributed by atoms with van der Waals surface area (Å²) in [5, 5.41) is 2.82. The molecule has 0 fully saturated rings. The number of halogens is 1. The molecule has 0 spiro atoms. The molecular weight excluding hydrogens is 193 g/mol. The predicted octanol–water partition coefficient (Wildman–Crippen LogP) is 2.66. The highest BCUT2D eigenvalue weighted by molar-refractivity contribution is 5.94. The van der Waals surface area contributed by atoms with Crippen molar-refractivity contribution in [1.82, 2.24) is 5.32 Å². The Morgan fingerprint density at radius 2 is 1.93 bits per heavy atom. The van der Waals surface area contributed by atoms with Crippen molar-refractivity contribution >= 4 is 5.91 Å². The molecule has 0 saturated carbocycles. The van der Waals surface area contributed by atoms with Gasteiger partial charge in [0, 0.05) is 11.1 Å². The Hall–Kier alpha value is -1.38. The number of hydrogen-bond donors (Lipinski definition) is 1. The molecule has 1 N–H and O–H groups in total. The molecular formula is C12H16FNO. The summed E-state index contributed by atoms with van der Waals surface area (Å²) in [6, 6.07) is 4.35. The quantitative estimate of drug-likeness (QED) is 0.757. The summed E-state index contributed by atoms with van der Waals surface area (Å²) in [7, 11) is 0. The lowest BCUT2D eigenvalue weighted by Crippen LogP contribution is -2.40. The molecule has 1 amide bonds. The minimum atomic E-state index is -0.290. The van der Waals surface area contributed by atoms with Crippen molar-refractivity contribution in [2.75, 3.05) is 0 Å². The van der Waals surface area contributed by atoms with Gasteiger partial charge in [0.1, 0.15) is 5.82 Å². The van der Waals surface area contributed by atoms with E-state index in [0.29, 0.717) is 11.1 Å². The van der Waals surface area contributed by atoms with Crippen molar-refractivity contribution in [3.63, 3.8) is 0 Å². The molecule has 15 heavy (non-hydrogen) atoms. The Morgan fingerprint density at radius 3 is 2.40 bits per heavy atom. The maximum Gasteiger partial charge on any atom is 0.251 e. The van der Waals surface area contributed by atoms with E-state index in [9.17, 15) is 9.18 Å². The van der Waals surface area contributed by atoms with Gasteiger partial charge in [-0.05, 0) is 51.5 Å². The van der Waals surface area contributed by atoms with Crippen LogP contribution in [0.3, 0.4) is 0 Å². The third-order valence-electron chi connectivity index (χ3n) is 1.91. The average molecular weight is 209 g/mol. The molecule has 1 rings (SSSR count). The topological polar surface area (TPSA) is 29.1 Å². The lowest BCUT2D eigenvalue weighted by Gasteiger charge is -2.20. The summed E-state index contributed by atoms with van der Waals surface area (Å²) in [6.07, 6.45) is 0. The first-order chi connectivity index (χ1) is 6.79. The zero-order valence-electron chi connectivity index (χ0n) is 9.52. The van der Waals surface area contributed by atoms with Gasteiger partial charge in [-0.25, -0.2) is 4.39 Å². The van der Waals surface area contributed by atoms with Crippen LogP contribution in [0.5, 0.6) is 0 Å². The molecule has 2 nitrogen and oxygen atoms in total. The van der Waals surface area contributed by atoms with Crippen LogP contribution in [0.1, 0.15) is 36.7 Å². The minimum absolute atomic E-state index is 0.175. The normalized spacial score (nSPS) is 11.3. The zero-order chi connectivity index (χ0) is 11.6. The van der Waals surface area contributed by atoms with Gasteiger partial charge in [0.2, 0.25) is 0 Å². The fourth-order valence-corrected chi connectivity index (χ4v) is 1.20. The van der Waals surface area contributed by atoms with Gasteiger partial charge in [0.25, 0.3) is 5.91 Å². The molecule has 1 aromatic rings. The highest BCUT2D eigenvalue weighted by Gasteiger charge is 2.15. The molecule has 0 saturated heterocycles. The Morgan fingerprint density at radius 1 is 1.33 bits per heavy atom. The molecule has 0 aliphatic heterocycles. The van der Waals surface area contributed by atoms with Crippen LogP contribution in [0.2, 0.25) is 0 Å². The fraction of sp³-hybridized carbons (Fsp3) is 0.417. The Kier molecular flexibility index (Phi) is 3.12. The second-order valence-electron chi connectivity index (χ2n) is 4.67. The van der Waals surface area contributed by atoms with Crippen LogP contribution in [0.25, 0.3) is 0 Å². The van der Waals surface area contributed by atoms with E-state index in [1.54, 1.807) is 13.0 Å². The lowest BCUT2D eigenvalue weighted by molar-refractivity contribution is 0.0919. The van der Waals surface area contributed by atoms with E-state index in [0.717, 1.165) is 0 Å². The molecule has 3 heteroatoms. The number of rotatable bonds is 1. The van der Waals surface area contributed by atoms with Crippen LogP contribution in [-0.2, 0) is 0 Å². The van der Waals surface area contributed by atoms with Gasteiger partial charge in [0.15, 0.2) is 0 Å². The van der Waals surface area contributed by atoms with Crippen molar-refractivity contribution in [3.8, 4) is 0 Å². The molecule has 0 unspecified atom stereocenters. The number of carbonyl (C=O) groups is 1. The van der Waals surface area contributed by atoms with Crippen LogP contribution in [-0.4, -0.2) is 11.4 Å². The fourth-order valence-electron chi connectivity index (χ4n) is 1.20. The van der Waals surface area contributed by atoms with Crippen LogP contribution < -0.4 is 5.32 Å². The number of benzene rings is 1. The van der Waals surface area contributed by atoms with Gasteiger partial charge >= 0.3 is 0 Å². The van der Waals surface area contributed by atoms with E-state index in [4.69, 9.17) is 0 Å². The molecule has 0 atom stereocenters. The molecule has 82 valence electrons. The van der Waals surface area contributed by atoms with Gasteiger partial charge in [-0.2, -0.15) is 0 Å². The number of hydrogen-bond acceptors (Lipinski definition) is 1. The Labute approximate surface area is 89.5 Å². The van der Waals surface area contributed by atoms with E-state index < -0.39 is 0 Å². The molecule has 0 radical (unpaired) electrons. The monoisotopic (exact) mass is 209 g/mol. The molecule has 0 aliphatic carbocycles. The van der Waals surface area contributed by atoms with Crippen molar-refractivity contribution in [1.29, 1.82) is 0 Å². The molecule has 0 bridgehead atoms. The average Bonchev–Trinajstić information content (AvgIpc) is 2.06. The standard InChI is InChI=1S/C12H16FNO/c1-8-7-9(5-6-10(8)13)11(15)14-12(2,3)4/h5-7H,1-4H3,(H,14,15). The van der Waals surface area contributed by atoms with E-state index in [1.165, 1.54) is 12.1 Å². The number of aryl methyl sites for hydroxylation is 1. The maximum atomic E-state index is 13.0. The van der Waals surface area contributed by atoms with Gasteiger partial charge in [-0.15, -0.1) is 0 Å². The maximum absolute atomic E-state index is 13.0. The van der Waals surface area contributed by atoms with E-state index in [1.807, 2.05) is 20.8 Å². The summed E-state index contributed by atoms with van der Waals surface area (Å²) in [5.74, 6) is -0.465. The van der Waals surface area contributed by atoms with Crippen molar-refractivity contribution in [2.45, 2.75) is 33.2 Å². The largest absolute Gasteiger partial charge is 0.347 e. The predicted molar refractivity (Wildman–Crippen MR) is 58.4 cm³/mol. The minimum Gasteiger partial charge on any atom is -0.347 e. The van der Waals surface area contributed by atoms with Gasteiger partial charge in [-0.1, -0.05) is 0 Å². The molecule has 1 aromatic carbocycles. The Balaban J connectivity index is 2.88. The van der Waals surface area contributed by atoms with Gasteiger partial charge in [-0.3, -0.25) is 4.79 Å². The number of nitrogens with one attached hydrogen (secondary N) is 1. The second-order valence-corrected chi connectivity index (χ2v) is 4.67. The van der Waals surface area contributed by atoms with Crippen LogP contribution in [0, 0.1) is 12.7 Å². The van der Waals surface area contributed by atoms with Crippen molar-refractivity contribution in [3.05, 3.63) is 35.1 Å². The molecule has 0 aromatic heterocycles. The summed E-state index contributed by atoms with van der Waals surface area (Å²) in [4.78, 5) is 11.7. The summed E-state index contributed by atoms with van der Waals surface area (Å²) in [6.45, 7) is 7.35. The number of carbonyl (C=O) groups excluding carboxylic acids is 1. The first-order valence-electron chi connectivity index (χ1n) is 4.88. The molecule has 0 heterocycles. The third kappa shape index (κ3) is 3.35. The van der Waals surface area contributed by atoms with Crippen LogP contribution in [0.4, 0.5) is 4.39 Å².